The number of hydrogen-bond acceptors (Lipinski definition) is 6. The van der Waals surface area contributed by atoms with E-state index in [2.05, 4.69) is 5.32 Å². The zero-order chi connectivity index (χ0) is 27.9. The fraction of sp³-hybridized carbons (Fsp3) is 0.259. The van der Waals surface area contributed by atoms with Crippen LogP contribution in [0.2, 0.25) is 5.02 Å². The highest BCUT2D eigenvalue weighted by Gasteiger charge is 2.33. The summed E-state index contributed by atoms with van der Waals surface area (Å²) >= 11 is 6.14. The summed E-state index contributed by atoms with van der Waals surface area (Å²) in [6, 6.07) is 18.4. The molecule has 0 aliphatic rings. The van der Waals surface area contributed by atoms with Crippen LogP contribution in [0.4, 0.5) is 5.69 Å². The molecule has 0 radical (unpaired) electrons. The van der Waals surface area contributed by atoms with Gasteiger partial charge >= 0.3 is 0 Å². The van der Waals surface area contributed by atoms with E-state index in [-0.39, 0.29) is 22.9 Å². The van der Waals surface area contributed by atoms with Gasteiger partial charge in [0.05, 0.1) is 24.8 Å². The number of halogens is 1. The molecule has 0 aliphatic heterocycles. The second kappa shape index (κ2) is 12.7. The van der Waals surface area contributed by atoms with Crippen molar-refractivity contribution in [1.82, 2.24) is 10.2 Å². The highest BCUT2D eigenvalue weighted by molar-refractivity contribution is 7.92. The van der Waals surface area contributed by atoms with Gasteiger partial charge in [-0.25, -0.2) is 8.42 Å². The van der Waals surface area contributed by atoms with Crippen LogP contribution >= 0.6 is 11.6 Å². The van der Waals surface area contributed by atoms with Gasteiger partial charge in [0.2, 0.25) is 11.8 Å². The molecule has 202 valence electrons. The number of nitrogens with zero attached hydrogens (tertiary/aromatic N) is 2. The van der Waals surface area contributed by atoms with Crippen molar-refractivity contribution in [3.05, 3.63) is 83.4 Å². The second-order valence-corrected chi connectivity index (χ2v) is 10.6. The number of sulfonamides is 1. The molecule has 2 amide bonds. The molecular formula is C27H30ClN3O6S. The average molecular weight is 560 g/mol. The molecule has 3 aromatic rings. The Bertz CT molecular complexity index is 1380. The van der Waals surface area contributed by atoms with Gasteiger partial charge in [-0.1, -0.05) is 41.9 Å². The lowest BCUT2D eigenvalue weighted by Crippen LogP contribution is -2.50. The molecule has 0 aliphatic carbocycles. The van der Waals surface area contributed by atoms with Gasteiger partial charge < -0.3 is 19.7 Å². The van der Waals surface area contributed by atoms with E-state index in [1.807, 2.05) is 0 Å². The third-order valence-corrected chi connectivity index (χ3v) is 7.93. The maximum atomic E-state index is 13.9. The van der Waals surface area contributed by atoms with Crippen molar-refractivity contribution in [3.63, 3.8) is 0 Å². The highest BCUT2D eigenvalue weighted by atomic mass is 35.5. The summed E-state index contributed by atoms with van der Waals surface area (Å²) in [7, 11) is 0.0750. The van der Waals surface area contributed by atoms with Gasteiger partial charge in [0.1, 0.15) is 24.1 Å². The molecule has 0 heterocycles. The summed E-state index contributed by atoms with van der Waals surface area (Å²) in [5, 5.41) is 3.01. The van der Waals surface area contributed by atoms with Crippen LogP contribution in [0.1, 0.15) is 12.5 Å². The first-order valence-electron chi connectivity index (χ1n) is 11.7. The third kappa shape index (κ3) is 6.56. The lowest BCUT2D eigenvalue weighted by atomic mass is 10.1. The van der Waals surface area contributed by atoms with Gasteiger partial charge in [-0.15, -0.1) is 0 Å². The molecular weight excluding hydrogens is 530 g/mol. The molecule has 0 saturated carbocycles. The molecule has 1 N–H and O–H groups in total. The van der Waals surface area contributed by atoms with E-state index in [1.165, 1.54) is 44.4 Å². The van der Waals surface area contributed by atoms with Gasteiger partial charge in [0.15, 0.2) is 0 Å². The minimum atomic E-state index is -4.24. The van der Waals surface area contributed by atoms with E-state index in [4.69, 9.17) is 21.1 Å². The Labute approximate surface area is 228 Å². The monoisotopic (exact) mass is 559 g/mol. The second-order valence-electron chi connectivity index (χ2n) is 8.30. The van der Waals surface area contributed by atoms with E-state index >= 15 is 0 Å². The molecule has 0 aromatic heterocycles. The van der Waals surface area contributed by atoms with Crippen LogP contribution in [0.5, 0.6) is 11.5 Å². The normalized spacial score (nSPS) is 11.8. The Morgan fingerprint density at radius 2 is 1.68 bits per heavy atom. The third-order valence-electron chi connectivity index (χ3n) is 5.92. The Kier molecular flexibility index (Phi) is 9.60. The molecule has 0 spiro atoms. The van der Waals surface area contributed by atoms with Crippen LogP contribution < -0.4 is 19.1 Å². The van der Waals surface area contributed by atoms with Gasteiger partial charge in [0.25, 0.3) is 10.0 Å². The lowest BCUT2D eigenvalue weighted by Gasteiger charge is -2.32. The molecule has 9 nitrogen and oxygen atoms in total. The summed E-state index contributed by atoms with van der Waals surface area (Å²) in [6.07, 6.45) is 0. The van der Waals surface area contributed by atoms with Crippen LogP contribution in [0.25, 0.3) is 0 Å². The maximum Gasteiger partial charge on any atom is 0.264 e. The van der Waals surface area contributed by atoms with E-state index in [9.17, 15) is 18.0 Å². The number of carbonyl (C=O) groups is 2. The minimum absolute atomic E-state index is 0.0154. The molecule has 3 aromatic carbocycles. The summed E-state index contributed by atoms with van der Waals surface area (Å²) in [6.45, 7) is 0.995. The number of carbonyl (C=O) groups excluding carboxylic acids is 2. The number of anilines is 1. The SMILES string of the molecule is CNC(=O)C(C)N(Cc1cccc(Cl)c1)C(=O)CN(c1cc(OC)ccc1OC)S(=O)(=O)c1ccccc1. The van der Waals surface area contributed by atoms with Crippen LogP contribution in [-0.2, 0) is 26.2 Å². The molecule has 38 heavy (non-hydrogen) atoms. The Morgan fingerprint density at radius 3 is 2.29 bits per heavy atom. The Hall–Kier alpha value is -3.76. The van der Waals surface area contributed by atoms with Gasteiger partial charge in [-0.2, -0.15) is 0 Å². The first-order valence-corrected chi connectivity index (χ1v) is 13.5. The fourth-order valence-corrected chi connectivity index (χ4v) is 5.50. The van der Waals surface area contributed by atoms with E-state index in [0.29, 0.717) is 16.3 Å². The summed E-state index contributed by atoms with van der Waals surface area (Å²) in [5.74, 6) is -0.419. The highest BCUT2D eigenvalue weighted by Crippen LogP contribution is 2.36. The number of likely N-dealkylation sites (N-methyl/N-ethyl adjacent to an activating group) is 1. The van der Waals surface area contributed by atoms with Crippen molar-refractivity contribution >= 4 is 39.1 Å². The molecule has 0 bridgehead atoms. The van der Waals surface area contributed by atoms with Gasteiger partial charge in [-0.05, 0) is 48.9 Å². The summed E-state index contributed by atoms with van der Waals surface area (Å²) < 4.78 is 39.5. The van der Waals surface area contributed by atoms with Crippen molar-refractivity contribution in [2.45, 2.75) is 24.4 Å². The van der Waals surface area contributed by atoms with Crippen molar-refractivity contribution in [2.75, 3.05) is 32.1 Å². The number of benzene rings is 3. The number of nitrogens with one attached hydrogen (secondary N) is 1. The van der Waals surface area contributed by atoms with Crippen molar-refractivity contribution in [2.24, 2.45) is 0 Å². The number of rotatable bonds is 11. The predicted octanol–water partition coefficient (Wildman–Crippen LogP) is 3.72. The van der Waals surface area contributed by atoms with E-state index in [1.54, 1.807) is 61.5 Å². The predicted molar refractivity (Wildman–Crippen MR) is 146 cm³/mol. The maximum absolute atomic E-state index is 13.9. The molecule has 0 saturated heterocycles. The van der Waals surface area contributed by atoms with Crippen LogP contribution in [0, 0.1) is 0 Å². The first kappa shape index (κ1) is 28.8. The average Bonchev–Trinajstić information content (AvgIpc) is 2.93. The zero-order valence-electron chi connectivity index (χ0n) is 21.5. The minimum Gasteiger partial charge on any atom is -0.497 e. The fourth-order valence-electron chi connectivity index (χ4n) is 3.85. The standard InChI is InChI=1S/C27H30ClN3O6S/c1-19(27(33)29-2)30(17-20-9-8-10-21(28)15-20)26(32)18-31(38(34,35)23-11-6-5-7-12-23)24-16-22(36-3)13-14-25(24)37-4/h5-16,19H,17-18H2,1-4H3,(H,29,33). The van der Waals surface area contributed by atoms with Crippen molar-refractivity contribution in [1.29, 1.82) is 0 Å². The topological polar surface area (TPSA) is 105 Å². The number of ether oxygens (including phenoxy) is 2. The van der Waals surface area contributed by atoms with Crippen LogP contribution in [0.15, 0.2) is 77.7 Å². The first-order chi connectivity index (χ1) is 18.1. The molecule has 0 fully saturated rings. The van der Waals surface area contributed by atoms with E-state index in [0.717, 1.165) is 4.31 Å². The Balaban J connectivity index is 2.11. The number of methoxy groups -OCH3 is 2. The van der Waals surface area contributed by atoms with Crippen LogP contribution in [-0.4, -0.2) is 59.0 Å². The van der Waals surface area contributed by atoms with E-state index < -0.39 is 34.4 Å². The largest absolute Gasteiger partial charge is 0.497 e. The van der Waals surface area contributed by atoms with Gasteiger partial charge in [-0.3, -0.25) is 13.9 Å². The molecule has 1 unspecified atom stereocenters. The van der Waals surface area contributed by atoms with Crippen LogP contribution in [0.3, 0.4) is 0 Å². The number of hydrogen-bond donors (Lipinski definition) is 1. The summed E-state index contributed by atoms with van der Waals surface area (Å²) in [5.41, 5.74) is 0.789. The van der Waals surface area contributed by atoms with Crippen molar-refractivity contribution < 1.29 is 27.5 Å². The lowest BCUT2D eigenvalue weighted by molar-refractivity contribution is -0.139. The van der Waals surface area contributed by atoms with Crippen molar-refractivity contribution in [3.8, 4) is 11.5 Å². The summed E-state index contributed by atoms with van der Waals surface area (Å²) in [4.78, 5) is 27.7. The Morgan fingerprint density at radius 1 is 0.974 bits per heavy atom. The molecule has 11 heteroatoms. The quantitative estimate of drug-likeness (QED) is 0.384. The molecule has 1 atom stereocenters. The zero-order valence-corrected chi connectivity index (χ0v) is 23.1. The number of amides is 2. The molecule has 3 rings (SSSR count). The smallest absolute Gasteiger partial charge is 0.264 e. The van der Waals surface area contributed by atoms with Gasteiger partial charge in [0, 0.05) is 24.7 Å².